The zero-order chi connectivity index (χ0) is 23.3. The highest BCUT2D eigenvalue weighted by Crippen LogP contribution is 2.44. The Balaban J connectivity index is 1.81. The van der Waals surface area contributed by atoms with Gasteiger partial charge >= 0.3 is 0 Å². The summed E-state index contributed by atoms with van der Waals surface area (Å²) in [6.07, 6.45) is -7.64. The van der Waals surface area contributed by atoms with E-state index in [1.165, 1.54) is 31.4 Å². The number of hydrogen-bond donors (Lipinski definition) is 5. The number of fused-ring (bicyclic) bond motifs is 2. The number of hydrogen-bond acceptors (Lipinski definition) is 10. The van der Waals surface area contributed by atoms with Crippen LogP contribution in [0, 0.1) is 6.92 Å². The molecule has 1 aliphatic carbocycles. The van der Waals surface area contributed by atoms with E-state index in [0.717, 1.165) is 0 Å². The van der Waals surface area contributed by atoms with Crippen LogP contribution in [0.4, 0.5) is 0 Å². The smallest absolute Gasteiger partial charge is 0.229 e. The van der Waals surface area contributed by atoms with Crippen LogP contribution >= 0.6 is 0 Å². The molecule has 10 heteroatoms. The van der Waals surface area contributed by atoms with E-state index < -0.39 is 48.9 Å². The molecule has 2 aromatic rings. The number of carbonyl (C=O) groups excluding carboxylic acids is 2. The number of benzene rings is 2. The van der Waals surface area contributed by atoms with Crippen LogP contribution in [0.2, 0.25) is 0 Å². The van der Waals surface area contributed by atoms with Crippen LogP contribution in [0.25, 0.3) is 0 Å². The summed E-state index contributed by atoms with van der Waals surface area (Å²) in [7, 11) is 1.26. The predicted octanol–water partition coefficient (Wildman–Crippen LogP) is -0.337. The molecule has 0 amide bonds. The fraction of sp³-hybridized carbons (Fsp3) is 0.364. The van der Waals surface area contributed by atoms with Crippen molar-refractivity contribution in [1.29, 1.82) is 0 Å². The van der Waals surface area contributed by atoms with E-state index >= 15 is 0 Å². The Hall–Kier alpha value is -3.02. The molecule has 32 heavy (non-hydrogen) atoms. The molecule has 1 saturated heterocycles. The van der Waals surface area contributed by atoms with Crippen LogP contribution in [-0.4, -0.2) is 81.5 Å². The third kappa shape index (κ3) is 3.24. The third-order valence-corrected chi connectivity index (χ3v) is 5.69. The van der Waals surface area contributed by atoms with Gasteiger partial charge in [-0.3, -0.25) is 9.59 Å². The minimum atomic E-state index is -1.69. The number of phenolic OH excluding ortho intramolecular Hbond substituents is 1. The maximum atomic E-state index is 13.2. The Kier molecular flexibility index (Phi) is 5.65. The first-order valence-electron chi connectivity index (χ1n) is 9.81. The first kappa shape index (κ1) is 22.2. The lowest BCUT2D eigenvalue weighted by molar-refractivity contribution is -0.277. The molecule has 0 radical (unpaired) electrons. The van der Waals surface area contributed by atoms with E-state index in [1.54, 1.807) is 6.92 Å². The standard InChI is InChI=1S/C22H22O10/c1-8-6-10-14(17(27)13-9(15(10)25)4-3-5-11(13)24)21(30-2)20(8)32-22-19(29)18(28)16(26)12(7-23)31-22/h3-6,12,16,18-19,22-24,26,28-29H,7H2,1-2H3/t12-,16+,18+,19-,22+/m1/s1. The molecule has 0 unspecified atom stereocenters. The molecule has 4 rings (SSSR count). The average molecular weight is 446 g/mol. The highest BCUT2D eigenvalue weighted by atomic mass is 16.7. The number of ketones is 2. The fourth-order valence-corrected chi connectivity index (χ4v) is 4.03. The molecule has 5 atom stereocenters. The van der Waals surface area contributed by atoms with Crippen molar-refractivity contribution in [3.8, 4) is 17.2 Å². The van der Waals surface area contributed by atoms with Crippen LogP contribution in [0.1, 0.15) is 37.4 Å². The van der Waals surface area contributed by atoms with Crippen molar-refractivity contribution in [3.05, 3.63) is 52.1 Å². The van der Waals surface area contributed by atoms with E-state index in [2.05, 4.69) is 0 Å². The van der Waals surface area contributed by atoms with Gasteiger partial charge in [0.2, 0.25) is 12.1 Å². The number of methoxy groups -OCH3 is 1. The number of ether oxygens (including phenoxy) is 3. The van der Waals surface area contributed by atoms with Gasteiger partial charge in [0.15, 0.2) is 17.3 Å². The average Bonchev–Trinajstić information content (AvgIpc) is 2.78. The largest absolute Gasteiger partial charge is 0.507 e. The molecule has 170 valence electrons. The maximum Gasteiger partial charge on any atom is 0.229 e. The summed E-state index contributed by atoms with van der Waals surface area (Å²) < 4.78 is 16.5. The van der Waals surface area contributed by atoms with Gasteiger partial charge in [-0.1, -0.05) is 12.1 Å². The van der Waals surface area contributed by atoms with E-state index in [1.807, 2.05) is 0 Å². The summed E-state index contributed by atoms with van der Waals surface area (Å²) in [6, 6.07) is 5.62. The predicted molar refractivity (Wildman–Crippen MR) is 107 cm³/mol. The highest BCUT2D eigenvalue weighted by molar-refractivity contribution is 6.30. The highest BCUT2D eigenvalue weighted by Gasteiger charge is 2.45. The quantitative estimate of drug-likeness (QED) is 0.358. The zero-order valence-electron chi connectivity index (χ0n) is 17.2. The normalized spacial score (nSPS) is 27.0. The van der Waals surface area contributed by atoms with Crippen LogP contribution in [0.5, 0.6) is 17.2 Å². The third-order valence-electron chi connectivity index (χ3n) is 5.69. The number of aliphatic hydroxyl groups excluding tert-OH is 4. The van der Waals surface area contributed by atoms with Crippen molar-refractivity contribution < 1.29 is 49.3 Å². The van der Waals surface area contributed by atoms with E-state index in [9.17, 15) is 35.1 Å². The minimum absolute atomic E-state index is 0.0457. The summed E-state index contributed by atoms with van der Waals surface area (Å²) in [5.74, 6) is -1.65. The zero-order valence-corrected chi connectivity index (χ0v) is 17.2. The van der Waals surface area contributed by atoms with Crippen LogP contribution in [-0.2, 0) is 4.74 Å². The Morgan fingerprint density at radius 2 is 1.69 bits per heavy atom. The van der Waals surface area contributed by atoms with Gasteiger partial charge in [-0.05, 0) is 24.6 Å². The molecular weight excluding hydrogens is 424 g/mol. The van der Waals surface area contributed by atoms with Crippen molar-refractivity contribution in [2.75, 3.05) is 13.7 Å². The van der Waals surface area contributed by atoms with Crippen LogP contribution in [0.3, 0.4) is 0 Å². The molecule has 0 saturated carbocycles. The SMILES string of the molecule is COc1c(O[C@@H]2O[C@H](CO)[C@H](O)[C@H](O)[C@H]2O)c(C)cc2c1C(=O)c1c(O)cccc1C2=O. The van der Waals surface area contributed by atoms with Gasteiger partial charge in [0.25, 0.3) is 0 Å². The fourth-order valence-electron chi connectivity index (χ4n) is 4.03. The van der Waals surface area contributed by atoms with Gasteiger partial charge in [-0.15, -0.1) is 0 Å². The van der Waals surface area contributed by atoms with Crippen molar-refractivity contribution in [2.45, 2.75) is 37.6 Å². The number of aryl methyl sites for hydroxylation is 1. The first-order valence-corrected chi connectivity index (χ1v) is 9.81. The van der Waals surface area contributed by atoms with Crippen molar-refractivity contribution >= 4 is 11.6 Å². The number of aliphatic hydroxyl groups is 4. The van der Waals surface area contributed by atoms with Gasteiger partial charge in [0.05, 0.1) is 24.8 Å². The molecule has 5 N–H and O–H groups in total. The second kappa shape index (κ2) is 8.15. The minimum Gasteiger partial charge on any atom is -0.507 e. The number of rotatable bonds is 4. The van der Waals surface area contributed by atoms with E-state index in [0.29, 0.717) is 5.56 Å². The topological polar surface area (TPSA) is 163 Å². The Bertz CT molecular complexity index is 1090. The van der Waals surface area contributed by atoms with E-state index in [-0.39, 0.29) is 39.5 Å². The van der Waals surface area contributed by atoms with Crippen molar-refractivity contribution in [2.24, 2.45) is 0 Å². The molecule has 1 aliphatic heterocycles. The molecule has 0 spiro atoms. The molecule has 0 aromatic heterocycles. The second-order valence-electron chi connectivity index (χ2n) is 7.65. The van der Waals surface area contributed by atoms with Gasteiger partial charge < -0.3 is 39.7 Å². The van der Waals surface area contributed by atoms with Gasteiger partial charge in [-0.2, -0.15) is 0 Å². The monoisotopic (exact) mass is 446 g/mol. The lowest BCUT2D eigenvalue weighted by Crippen LogP contribution is -2.60. The second-order valence-corrected chi connectivity index (χ2v) is 7.65. The van der Waals surface area contributed by atoms with Crippen LogP contribution < -0.4 is 9.47 Å². The number of carbonyl (C=O) groups is 2. The Morgan fingerprint density at radius 3 is 2.34 bits per heavy atom. The molecule has 0 bridgehead atoms. The lowest BCUT2D eigenvalue weighted by Gasteiger charge is -2.40. The summed E-state index contributed by atoms with van der Waals surface area (Å²) in [6.45, 7) is 0.937. The van der Waals surface area contributed by atoms with Gasteiger partial charge in [0.1, 0.15) is 30.2 Å². The molecular formula is C22H22O10. The summed E-state index contributed by atoms with van der Waals surface area (Å²) in [5.41, 5.74) is 0.195. The first-order chi connectivity index (χ1) is 15.2. The molecule has 2 aliphatic rings. The summed E-state index contributed by atoms with van der Waals surface area (Å²) in [4.78, 5) is 26.3. The number of phenols is 1. The van der Waals surface area contributed by atoms with Gasteiger partial charge in [-0.25, -0.2) is 0 Å². The molecule has 2 aromatic carbocycles. The van der Waals surface area contributed by atoms with Crippen LogP contribution in [0.15, 0.2) is 24.3 Å². The molecule has 1 heterocycles. The maximum absolute atomic E-state index is 13.2. The summed E-state index contributed by atoms with van der Waals surface area (Å²) in [5, 5.41) is 49.9. The summed E-state index contributed by atoms with van der Waals surface area (Å²) >= 11 is 0. The molecule has 10 nitrogen and oxygen atoms in total. The molecule has 1 fully saturated rings. The van der Waals surface area contributed by atoms with Gasteiger partial charge in [0, 0.05) is 11.1 Å². The van der Waals surface area contributed by atoms with Crippen molar-refractivity contribution in [3.63, 3.8) is 0 Å². The van der Waals surface area contributed by atoms with E-state index in [4.69, 9.17) is 14.2 Å². The lowest BCUT2D eigenvalue weighted by atomic mass is 9.82. The van der Waals surface area contributed by atoms with Crippen molar-refractivity contribution in [1.82, 2.24) is 0 Å². The Morgan fingerprint density at radius 1 is 0.969 bits per heavy atom. The number of aromatic hydroxyl groups is 1. The Labute approximate surface area is 182 Å².